The largest absolute Gasteiger partial charge is 0.386 e. The van der Waals surface area contributed by atoms with Crippen LogP contribution in [0.25, 0.3) is 0 Å². The van der Waals surface area contributed by atoms with Gasteiger partial charge >= 0.3 is 0 Å². The molecule has 1 aromatic carbocycles. The summed E-state index contributed by atoms with van der Waals surface area (Å²) in [4.78, 5) is 17.7. The second kappa shape index (κ2) is 7.45. The van der Waals surface area contributed by atoms with E-state index in [1.807, 2.05) is 48.7 Å². The van der Waals surface area contributed by atoms with E-state index in [0.29, 0.717) is 0 Å². The van der Waals surface area contributed by atoms with Gasteiger partial charge in [-0.1, -0.05) is 36.3 Å². The van der Waals surface area contributed by atoms with E-state index in [4.69, 9.17) is 4.84 Å². The van der Waals surface area contributed by atoms with Crippen molar-refractivity contribution in [3.63, 3.8) is 0 Å². The third-order valence-corrected chi connectivity index (χ3v) is 3.47. The molecule has 20 heavy (non-hydrogen) atoms. The first-order chi connectivity index (χ1) is 9.79. The molecule has 1 N–H and O–H groups in total. The number of anilines is 1. The van der Waals surface area contributed by atoms with Crippen molar-refractivity contribution in [3.8, 4) is 0 Å². The van der Waals surface area contributed by atoms with E-state index in [1.54, 1.807) is 17.6 Å². The summed E-state index contributed by atoms with van der Waals surface area (Å²) >= 11 is 1.56. The maximum atomic E-state index is 11.7. The molecule has 2 rings (SSSR count). The summed E-state index contributed by atoms with van der Waals surface area (Å²) in [5.74, 6) is -0.214. The highest BCUT2D eigenvalue weighted by Gasteiger charge is 2.05. The molecule has 1 aromatic heterocycles. The number of hydrogen-bond donors (Lipinski definition) is 1. The fourth-order valence-corrected chi connectivity index (χ4v) is 2.26. The number of thiophene rings is 1. The number of oxime groups is 1. The second-order valence-electron chi connectivity index (χ2n) is 4.08. The number of carbonyl (C=O) groups is 1. The van der Waals surface area contributed by atoms with Gasteiger partial charge in [0.15, 0.2) is 6.61 Å². The summed E-state index contributed by atoms with van der Waals surface area (Å²) in [7, 11) is 0. The number of aryl methyl sites for hydroxylation is 1. The van der Waals surface area contributed by atoms with Crippen LogP contribution in [-0.4, -0.2) is 18.7 Å². The first-order valence-corrected chi connectivity index (χ1v) is 7.24. The van der Waals surface area contributed by atoms with Gasteiger partial charge in [-0.25, -0.2) is 0 Å². The molecule has 5 heteroatoms. The molecule has 4 nitrogen and oxygen atoms in total. The van der Waals surface area contributed by atoms with Crippen molar-refractivity contribution in [1.29, 1.82) is 0 Å². The Kier molecular flexibility index (Phi) is 5.32. The van der Waals surface area contributed by atoms with Crippen LogP contribution in [0.3, 0.4) is 0 Å². The highest BCUT2D eigenvalue weighted by molar-refractivity contribution is 7.11. The summed E-state index contributed by atoms with van der Waals surface area (Å²) in [6, 6.07) is 11.6. The standard InChI is InChI=1S/C15H16N2O2S/c1-2-12-6-3-4-8-14(12)17-15(18)11-19-16-10-13-7-5-9-20-13/h3-10H,2,11H2,1H3,(H,17,18)/b16-10+. The maximum Gasteiger partial charge on any atom is 0.265 e. The van der Waals surface area contributed by atoms with Gasteiger partial charge in [0.05, 0.1) is 6.21 Å². The molecule has 2 aromatic rings. The van der Waals surface area contributed by atoms with E-state index in [0.717, 1.165) is 22.5 Å². The Morgan fingerprint density at radius 3 is 2.95 bits per heavy atom. The number of para-hydroxylation sites is 1. The number of amides is 1. The highest BCUT2D eigenvalue weighted by Crippen LogP contribution is 2.15. The molecule has 0 aliphatic carbocycles. The molecule has 0 saturated carbocycles. The molecule has 104 valence electrons. The molecule has 0 aliphatic rings. The fourth-order valence-electron chi connectivity index (χ4n) is 1.69. The lowest BCUT2D eigenvalue weighted by molar-refractivity contribution is -0.120. The second-order valence-corrected chi connectivity index (χ2v) is 5.06. The molecule has 0 atom stereocenters. The zero-order chi connectivity index (χ0) is 14.2. The van der Waals surface area contributed by atoms with Crippen molar-refractivity contribution in [2.75, 3.05) is 11.9 Å². The van der Waals surface area contributed by atoms with E-state index in [-0.39, 0.29) is 12.5 Å². The first-order valence-electron chi connectivity index (χ1n) is 6.36. The quantitative estimate of drug-likeness (QED) is 0.655. The van der Waals surface area contributed by atoms with E-state index in [9.17, 15) is 4.79 Å². The van der Waals surface area contributed by atoms with Crippen molar-refractivity contribution in [1.82, 2.24) is 0 Å². The van der Waals surface area contributed by atoms with Gasteiger partial charge in [-0.05, 0) is 29.5 Å². The van der Waals surface area contributed by atoms with Gasteiger partial charge in [0.25, 0.3) is 5.91 Å². The van der Waals surface area contributed by atoms with Crippen molar-refractivity contribution in [3.05, 3.63) is 52.2 Å². The van der Waals surface area contributed by atoms with Gasteiger partial charge in [-0.3, -0.25) is 4.79 Å². The lowest BCUT2D eigenvalue weighted by Gasteiger charge is -2.08. The Hall–Kier alpha value is -2.14. The van der Waals surface area contributed by atoms with Gasteiger partial charge in [0, 0.05) is 10.6 Å². The molecule has 0 spiro atoms. The SMILES string of the molecule is CCc1ccccc1NC(=O)CO/N=C/c1cccs1. The Bertz CT molecular complexity index is 579. The zero-order valence-electron chi connectivity index (χ0n) is 11.2. The monoisotopic (exact) mass is 288 g/mol. The molecule has 1 amide bonds. The minimum absolute atomic E-state index is 0.0973. The van der Waals surface area contributed by atoms with Gasteiger partial charge in [-0.2, -0.15) is 0 Å². The van der Waals surface area contributed by atoms with Gasteiger partial charge < -0.3 is 10.2 Å². The number of carbonyl (C=O) groups excluding carboxylic acids is 1. The van der Waals surface area contributed by atoms with Crippen LogP contribution >= 0.6 is 11.3 Å². The molecule has 0 bridgehead atoms. The molecule has 0 aliphatic heterocycles. The Labute approximate surface area is 122 Å². The van der Waals surface area contributed by atoms with Gasteiger partial charge in [-0.15, -0.1) is 11.3 Å². The highest BCUT2D eigenvalue weighted by atomic mass is 32.1. The van der Waals surface area contributed by atoms with Crippen molar-refractivity contribution >= 4 is 29.1 Å². The van der Waals surface area contributed by atoms with Gasteiger partial charge in [0.1, 0.15) is 0 Å². The van der Waals surface area contributed by atoms with Crippen molar-refractivity contribution in [2.45, 2.75) is 13.3 Å². The third kappa shape index (κ3) is 4.20. The minimum Gasteiger partial charge on any atom is -0.386 e. The van der Waals surface area contributed by atoms with Crippen LogP contribution in [0.15, 0.2) is 46.9 Å². The predicted molar refractivity (Wildman–Crippen MR) is 82.3 cm³/mol. The first kappa shape index (κ1) is 14.3. The summed E-state index contributed by atoms with van der Waals surface area (Å²) in [6.07, 6.45) is 2.46. The van der Waals surface area contributed by atoms with E-state index < -0.39 is 0 Å². The summed E-state index contributed by atoms with van der Waals surface area (Å²) in [5.41, 5.74) is 1.92. The number of benzene rings is 1. The van der Waals surface area contributed by atoms with Crippen LogP contribution in [0.2, 0.25) is 0 Å². The van der Waals surface area contributed by atoms with Crippen LogP contribution in [0.1, 0.15) is 17.4 Å². The molecule has 0 radical (unpaired) electrons. The van der Waals surface area contributed by atoms with Crippen LogP contribution in [0.5, 0.6) is 0 Å². The normalized spacial score (nSPS) is 10.7. The van der Waals surface area contributed by atoms with Crippen LogP contribution in [0.4, 0.5) is 5.69 Å². The van der Waals surface area contributed by atoms with Crippen LogP contribution < -0.4 is 5.32 Å². The van der Waals surface area contributed by atoms with E-state index in [1.165, 1.54) is 0 Å². The maximum absolute atomic E-state index is 11.7. The summed E-state index contributed by atoms with van der Waals surface area (Å²) in [5, 5.41) is 8.54. The van der Waals surface area contributed by atoms with Crippen LogP contribution in [0, 0.1) is 0 Å². The molecule has 0 saturated heterocycles. The lowest BCUT2D eigenvalue weighted by atomic mass is 10.1. The zero-order valence-corrected chi connectivity index (χ0v) is 12.0. The molecular weight excluding hydrogens is 272 g/mol. The Balaban J connectivity index is 1.81. The summed E-state index contributed by atoms with van der Waals surface area (Å²) < 4.78 is 0. The fraction of sp³-hybridized carbons (Fsp3) is 0.200. The topological polar surface area (TPSA) is 50.7 Å². The molecule has 0 fully saturated rings. The lowest BCUT2D eigenvalue weighted by Crippen LogP contribution is -2.17. The van der Waals surface area contributed by atoms with E-state index in [2.05, 4.69) is 10.5 Å². The minimum atomic E-state index is -0.214. The third-order valence-electron chi connectivity index (χ3n) is 2.67. The number of rotatable bonds is 6. The predicted octanol–water partition coefficient (Wildman–Crippen LogP) is 3.30. The van der Waals surface area contributed by atoms with Crippen LogP contribution in [-0.2, 0) is 16.1 Å². The Morgan fingerprint density at radius 2 is 2.20 bits per heavy atom. The smallest absolute Gasteiger partial charge is 0.265 e. The number of nitrogens with one attached hydrogen (secondary N) is 1. The average Bonchev–Trinajstić information content (AvgIpc) is 2.97. The number of hydrogen-bond acceptors (Lipinski definition) is 4. The number of nitrogens with zero attached hydrogens (tertiary/aromatic N) is 1. The molecule has 0 unspecified atom stereocenters. The van der Waals surface area contributed by atoms with Gasteiger partial charge in [0.2, 0.25) is 0 Å². The van der Waals surface area contributed by atoms with E-state index >= 15 is 0 Å². The average molecular weight is 288 g/mol. The summed E-state index contributed by atoms with van der Waals surface area (Å²) in [6.45, 7) is 1.95. The molecule has 1 heterocycles. The Morgan fingerprint density at radius 1 is 1.35 bits per heavy atom. The van der Waals surface area contributed by atoms with Crippen molar-refractivity contribution in [2.24, 2.45) is 5.16 Å². The molecular formula is C15H16N2O2S. The van der Waals surface area contributed by atoms with Crippen molar-refractivity contribution < 1.29 is 9.63 Å².